The lowest BCUT2D eigenvalue weighted by Crippen LogP contribution is -2.31. The molecule has 8 heteroatoms. The van der Waals surface area contributed by atoms with Gasteiger partial charge < -0.3 is 15.7 Å². The van der Waals surface area contributed by atoms with Gasteiger partial charge in [-0.2, -0.15) is 0 Å². The second kappa shape index (κ2) is 5.31. The van der Waals surface area contributed by atoms with Crippen molar-refractivity contribution in [1.82, 2.24) is 0 Å². The molecule has 78 valence electrons. The lowest BCUT2D eigenvalue weighted by Gasteiger charge is -2.10. The summed E-state index contributed by atoms with van der Waals surface area (Å²) < 4.78 is 19.1. The van der Waals surface area contributed by atoms with Gasteiger partial charge in [0.1, 0.15) is 6.04 Å². The van der Waals surface area contributed by atoms with Gasteiger partial charge in [0.15, 0.2) is 0 Å². The van der Waals surface area contributed by atoms with Crippen molar-refractivity contribution in [3.8, 4) is 0 Å². The molecule has 4 N–H and O–H groups in total. The lowest BCUT2D eigenvalue weighted by atomic mass is 10.2. The van der Waals surface area contributed by atoms with Crippen LogP contribution in [0, 0.1) is 0 Å². The first-order valence-electron chi connectivity index (χ1n) is 3.40. The molecule has 0 bridgehead atoms. The molecule has 0 aromatic carbocycles. The van der Waals surface area contributed by atoms with Gasteiger partial charge in [-0.05, 0) is 6.42 Å². The number of phosphoric ester groups is 1. The summed E-state index contributed by atoms with van der Waals surface area (Å²) in [6.45, 7) is -0.241. The molecular weight excluding hydrogens is 201 g/mol. The van der Waals surface area contributed by atoms with E-state index >= 15 is 0 Å². The van der Waals surface area contributed by atoms with Crippen LogP contribution in [0.1, 0.15) is 6.42 Å². The normalized spacial score (nSPS) is 17.8. The standard InChI is InChI=1S/C5H12NO6P/c1-11-13(9,10)12-3-2-4(6)5(7)8/h4H,2-3,6H2,1H3,(H,7,8)(H,9,10)/t4-/m0/s1. The van der Waals surface area contributed by atoms with Crippen LogP contribution in [0.25, 0.3) is 0 Å². The van der Waals surface area contributed by atoms with Gasteiger partial charge in [-0.25, -0.2) is 4.57 Å². The van der Waals surface area contributed by atoms with E-state index in [0.717, 1.165) is 7.11 Å². The van der Waals surface area contributed by atoms with Crippen LogP contribution in [0.5, 0.6) is 0 Å². The molecule has 0 aliphatic heterocycles. The first-order chi connectivity index (χ1) is 5.89. The summed E-state index contributed by atoms with van der Waals surface area (Å²) in [5.41, 5.74) is 5.10. The molecule has 0 amide bonds. The highest BCUT2D eigenvalue weighted by molar-refractivity contribution is 7.47. The number of nitrogens with two attached hydrogens (primary N) is 1. The third-order valence-electron chi connectivity index (χ3n) is 1.23. The van der Waals surface area contributed by atoms with E-state index < -0.39 is 19.8 Å². The molecule has 0 saturated carbocycles. The number of hydrogen-bond acceptors (Lipinski definition) is 5. The summed E-state index contributed by atoms with van der Waals surface area (Å²) in [6, 6.07) is -1.10. The monoisotopic (exact) mass is 213 g/mol. The van der Waals surface area contributed by atoms with Crippen LogP contribution in [0.2, 0.25) is 0 Å². The minimum Gasteiger partial charge on any atom is -0.480 e. The molecule has 2 atom stereocenters. The molecule has 0 radical (unpaired) electrons. The van der Waals surface area contributed by atoms with Gasteiger partial charge in [0, 0.05) is 7.11 Å². The topological polar surface area (TPSA) is 119 Å². The summed E-state index contributed by atoms with van der Waals surface area (Å²) in [6.07, 6.45) is -0.0523. The SMILES string of the molecule is COP(=O)(O)OCC[C@H](N)C(=O)O. The molecule has 0 aliphatic carbocycles. The molecule has 0 fully saturated rings. The van der Waals surface area contributed by atoms with Crippen molar-refractivity contribution in [1.29, 1.82) is 0 Å². The first kappa shape index (κ1) is 12.5. The van der Waals surface area contributed by atoms with E-state index in [4.69, 9.17) is 15.7 Å². The van der Waals surface area contributed by atoms with Crippen LogP contribution in [0.3, 0.4) is 0 Å². The summed E-state index contributed by atoms with van der Waals surface area (Å²) >= 11 is 0. The highest BCUT2D eigenvalue weighted by atomic mass is 31.2. The van der Waals surface area contributed by atoms with E-state index in [1.807, 2.05) is 0 Å². The maximum absolute atomic E-state index is 10.7. The van der Waals surface area contributed by atoms with Crippen molar-refractivity contribution < 1.29 is 28.4 Å². The first-order valence-corrected chi connectivity index (χ1v) is 4.90. The average Bonchev–Trinajstić information content (AvgIpc) is 2.04. The molecule has 0 rings (SSSR count). The molecule has 0 aliphatic rings. The average molecular weight is 213 g/mol. The number of carbonyl (C=O) groups is 1. The molecule has 13 heavy (non-hydrogen) atoms. The van der Waals surface area contributed by atoms with Gasteiger partial charge in [-0.1, -0.05) is 0 Å². The molecule has 0 saturated heterocycles. The van der Waals surface area contributed by atoms with Crippen LogP contribution >= 0.6 is 7.82 Å². The van der Waals surface area contributed by atoms with Gasteiger partial charge in [0.2, 0.25) is 0 Å². The van der Waals surface area contributed by atoms with Crippen LogP contribution in [-0.2, 0) is 18.4 Å². The molecule has 0 aromatic heterocycles. The van der Waals surface area contributed by atoms with Crippen molar-refractivity contribution in [2.24, 2.45) is 5.73 Å². The van der Waals surface area contributed by atoms with Crippen molar-refractivity contribution in [3.63, 3.8) is 0 Å². The van der Waals surface area contributed by atoms with Crippen molar-refractivity contribution in [3.05, 3.63) is 0 Å². The fraction of sp³-hybridized carbons (Fsp3) is 0.800. The van der Waals surface area contributed by atoms with Crippen molar-refractivity contribution in [2.45, 2.75) is 12.5 Å². The Labute approximate surface area is 75.1 Å². The summed E-state index contributed by atoms with van der Waals surface area (Å²) in [7, 11) is -3.00. The van der Waals surface area contributed by atoms with E-state index in [2.05, 4.69) is 9.05 Å². The van der Waals surface area contributed by atoms with Gasteiger partial charge in [-0.3, -0.25) is 13.8 Å². The van der Waals surface area contributed by atoms with E-state index in [-0.39, 0.29) is 13.0 Å². The molecular formula is C5H12NO6P. The minimum atomic E-state index is -4.01. The van der Waals surface area contributed by atoms with E-state index in [1.165, 1.54) is 0 Å². The second-order valence-electron chi connectivity index (χ2n) is 2.22. The molecule has 7 nitrogen and oxygen atoms in total. The summed E-state index contributed by atoms with van der Waals surface area (Å²) in [5.74, 6) is -1.19. The Bertz CT molecular complexity index is 219. The minimum absolute atomic E-state index is 0.0523. The Balaban J connectivity index is 3.68. The van der Waals surface area contributed by atoms with E-state index in [9.17, 15) is 9.36 Å². The fourth-order valence-electron chi connectivity index (χ4n) is 0.471. The fourth-order valence-corrected chi connectivity index (χ4v) is 0.913. The van der Waals surface area contributed by atoms with Gasteiger partial charge in [-0.15, -0.1) is 0 Å². The number of aliphatic carboxylic acids is 1. The Morgan fingerprint density at radius 1 is 1.69 bits per heavy atom. The van der Waals surface area contributed by atoms with Gasteiger partial charge in [0.25, 0.3) is 0 Å². The Hall–Kier alpha value is -0.460. The molecule has 0 spiro atoms. The summed E-state index contributed by atoms with van der Waals surface area (Å²) in [4.78, 5) is 18.9. The Morgan fingerprint density at radius 2 is 2.23 bits per heavy atom. The van der Waals surface area contributed by atoms with Crippen LogP contribution < -0.4 is 5.73 Å². The predicted molar refractivity (Wildman–Crippen MR) is 43.0 cm³/mol. The zero-order valence-electron chi connectivity index (χ0n) is 7.04. The van der Waals surface area contributed by atoms with E-state index in [0.29, 0.717) is 0 Å². The molecule has 0 aromatic rings. The second-order valence-corrected chi connectivity index (χ2v) is 3.78. The van der Waals surface area contributed by atoms with Crippen LogP contribution in [0.4, 0.5) is 0 Å². The Kier molecular flexibility index (Phi) is 5.12. The largest absolute Gasteiger partial charge is 0.480 e. The third-order valence-corrected chi connectivity index (χ3v) is 2.20. The maximum Gasteiger partial charge on any atom is 0.471 e. The third kappa shape index (κ3) is 5.73. The molecule has 1 unspecified atom stereocenters. The Morgan fingerprint density at radius 3 is 2.62 bits per heavy atom. The van der Waals surface area contributed by atoms with Crippen LogP contribution in [-0.4, -0.2) is 35.7 Å². The quantitative estimate of drug-likeness (QED) is 0.511. The number of phosphoric acid groups is 1. The number of carboxylic acid groups (broad SMARTS) is 1. The lowest BCUT2D eigenvalue weighted by molar-refractivity contribution is -0.138. The van der Waals surface area contributed by atoms with Crippen LogP contribution in [0.15, 0.2) is 0 Å². The van der Waals surface area contributed by atoms with Gasteiger partial charge >= 0.3 is 13.8 Å². The zero-order chi connectivity index (χ0) is 10.5. The predicted octanol–water partition coefficient (Wildman–Crippen LogP) is -0.448. The highest BCUT2D eigenvalue weighted by Crippen LogP contribution is 2.41. The smallest absolute Gasteiger partial charge is 0.471 e. The van der Waals surface area contributed by atoms with Gasteiger partial charge in [0.05, 0.1) is 6.61 Å². The summed E-state index contributed by atoms with van der Waals surface area (Å²) in [5, 5.41) is 8.33. The molecule has 0 heterocycles. The van der Waals surface area contributed by atoms with Crippen molar-refractivity contribution in [2.75, 3.05) is 13.7 Å². The zero-order valence-corrected chi connectivity index (χ0v) is 7.94. The number of rotatable bonds is 6. The maximum atomic E-state index is 10.7. The number of hydrogen-bond donors (Lipinski definition) is 3. The highest BCUT2D eigenvalue weighted by Gasteiger charge is 2.19. The van der Waals surface area contributed by atoms with Crippen molar-refractivity contribution >= 4 is 13.8 Å². The van der Waals surface area contributed by atoms with E-state index in [1.54, 1.807) is 0 Å². The number of carboxylic acids is 1.